The number of unbranched alkanes of at least 4 members (excludes halogenated alkanes) is 1. The molecule has 0 bridgehead atoms. The number of carbonyl (C=O) groups is 1. The lowest BCUT2D eigenvalue weighted by Gasteiger charge is -2.11. The second kappa shape index (κ2) is 6.22. The number of hydrogen-bond donors (Lipinski definition) is 2. The van der Waals surface area contributed by atoms with Crippen LogP contribution in [0.25, 0.3) is 0 Å². The van der Waals surface area contributed by atoms with Crippen molar-refractivity contribution in [2.45, 2.75) is 39.3 Å². The van der Waals surface area contributed by atoms with E-state index in [2.05, 4.69) is 22.3 Å². The highest BCUT2D eigenvalue weighted by Crippen LogP contribution is 2.03. The van der Waals surface area contributed by atoms with Crippen molar-refractivity contribution < 1.29 is 4.79 Å². The van der Waals surface area contributed by atoms with Crippen LogP contribution in [0.3, 0.4) is 0 Å². The zero-order valence-electron chi connectivity index (χ0n) is 9.81. The first-order chi connectivity index (χ1) is 7.69. The summed E-state index contributed by atoms with van der Waals surface area (Å²) in [5, 5.41) is 6.95. The summed E-state index contributed by atoms with van der Waals surface area (Å²) in [6.07, 6.45) is 3.59. The van der Waals surface area contributed by atoms with Crippen LogP contribution in [0.4, 0.5) is 0 Å². The molecule has 6 nitrogen and oxygen atoms in total. The normalized spacial score (nSPS) is 12.4. The lowest BCUT2D eigenvalue weighted by atomic mass is 10.3. The van der Waals surface area contributed by atoms with Crippen LogP contribution in [0, 0.1) is 0 Å². The second-order valence-electron chi connectivity index (χ2n) is 3.67. The predicted molar refractivity (Wildman–Crippen MR) is 60.5 cm³/mol. The van der Waals surface area contributed by atoms with Crippen molar-refractivity contribution in [3.05, 3.63) is 12.2 Å². The summed E-state index contributed by atoms with van der Waals surface area (Å²) in [4.78, 5) is 15.7. The van der Waals surface area contributed by atoms with E-state index in [1.54, 1.807) is 6.92 Å². The highest BCUT2D eigenvalue weighted by atomic mass is 16.2. The van der Waals surface area contributed by atoms with Gasteiger partial charge in [-0.05, 0) is 13.3 Å². The van der Waals surface area contributed by atoms with Gasteiger partial charge in [-0.15, -0.1) is 0 Å². The van der Waals surface area contributed by atoms with Gasteiger partial charge in [0.25, 0.3) is 0 Å². The summed E-state index contributed by atoms with van der Waals surface area (Å²) in [5.41, 5.74) is 5.40. The molecule has 0 fully saturated rings. The molecule has 1 unspecified atom stereocenters. The predicted octanol–water partition coefficient (Wildman–Crippen LogP) is 0.214. The highest BCUT2D eigenvalue weighted by molar-refractivity contribution is 5.79. The second-order valence-corrected chi connectivity index (χ2v) is 3.67. The third-order valence-corrected chi connectivity index (χ3v) is 2.34. The van der Waals surface area contributed by atoms with E-state index in [0.717, 1.165) is 12.8 Å². The first-order valence-corrected chi connectivity index (χ1v) is 5.56. The Balaban J connectivity index is 2.49. The van der Waals surface area contributed by atoms with Gasteiger partial charge in [0.1, 0.15) is 12.4 Å². The van der Waals surface area contributed by atoms with Gasteiger partial charge in [-0.3, -0.25) is 4.79 Å². The van der Waals surface area contributed by atoms with E-state index in [0.29, 0.717) is 12.4 Å². The molecule has 16 heavy (non-hydrogen) atoms. The number of nitrogens with one attached hydrogen (secondary N) is 1. The highest BCUT2D eigenvalue weighted by Gasteiger charge is 2.15. The lowest BCUT2D eigenvalue weighted by molar-refractivity contribution is -0.124. The van der Waals surface area contributed by atoms with Crippen LogP contribution in [0.2, 0.25) is 0 Å². The van der Waals surface area contributed by atoms with E-state index in [9.17, 15) is 4.79 Å². The summed E-state index contributed by atoms with van der Waals surface area (Å²) in [5.74, 6) is 0.509. The molecule has 1 heterocycles. The number of rotatable bonds is 6. The third-order valence-electron chi connectivity index (χ3n) is 2.34. The van der Waals surface area contributed by atoms with Crippen molar-refractivity contribution in [2.75, 3.05) is 6.54 Å². The summed E-state index contributed by atoms with van der Waals surface area (Å²) < 4.78 is 1.53. The number of amides is 1. The molecule has 0 saturated carbocycles. The molecular formula is C10H19N5O. The van der Waals surface area contributed by atoms with Gasteiger partial charge in [0.05, 0.1) is 6.54 Å². The fraction of sp³-hybridized carbons (Fsp3) is 0.700. The average molecular weight is 225 g/mol. The fourth-order valence-corrected chi connectivity index (χ4v) is 1.25. The summed E-state index contributed by atoms with van der Waals surface area (Å²) in [6.45, 7) is 4.87. The van der Waals surface area contributed by atoms with Gasteiger partial charge in [0.2, 0.25) is 5.91 Å². The van der Waals surface area contributed by atoms with Crippen LogP contribution >= 0.6 is 0 Å². The molecule has 0 aliphatic heterocycles. The van der Waals surface area contributed by atoms with Crippen LogP contribution in [0.1, 0.15) is 38.6 Å². The fourth-order valence-electron chi connectivity index (χ4n) is 1.25. The maximum absolute atomic E-state index is 11.7. The molecule has 3 N–H and O–H groups in total. The van der Waals surface area contributed by atoms with Crippen LogP contribution in [-0.2, 0) is 11.3 Å². The van der Waals surface area contributed by atoms with E-state index in [1.165, 1.54) is 11.0 Å². The van der Waals surface area contributed by atoms with Crippen LogP contribution in [0.15, 0.2) is 6.33 Å². The molecule has 1 atom stereocenters. The third kappa shape index (κ3) is 3.30. The molecule has 0 aromatic carbocycles. The SMILES string of the molecule is CCCCNC(=O)C(C)n1cnc(CN)n1. The van der Waals surface area contributed by atoms with Crippen LogP contribution < -0.4 is 11.1 Å². The van der Waals surface area contributed by atoms with E-state index < -0.39 is 0 Å². The number of hydrogen-bond acceptors (Lipinski definition) is 4. The molecule has 0 radical (unpaired) electrons. The maximum atomic E-state index is 11.7. The number of carbonyl (C=O) groups excluding carboxylic acids is 1. The first kappa shape index (κ1) is 12.6. The van der Waals surface area contributed by atoms with Gasteiger partial charge in [-0.2, -0.15) is 5.10 Å². The standard InChI is InChI=1S/C10H19N5O/c1-3-4-5-12-10(16)8(2)15-7-13-9(6-11)14-15/h7-8H,3-6,11H2,1-2H3,(H,12,16). The maximum Gasteiger partial charge on any atom is 0.244 e. The van der Waals surface area contributed by atoms with Crippen molar-refractivity contribution in [2.24, 2.45) is 5.73 Å². The Morgan fingerprint density at radius 1 is 1.69 bits per heavy atom. The lowest BCUT2D eigenvalue weighted by Crippen LogP contribution is -2.32. The van der Waals surface area contributed by atoms with Crippen molar-refractivity contribution in [3.63, 3.8) is 0 Å². The zero-order valence-corrected chi connectivity index (χ0v) is 9.81. The molecule has 0 aliphatic rings. The molecule has 0 saturated heterocycles. The Bertz CT molecular complexity index is 336. The van der Waals surface area contributed by atoms with Gasteiger partial charge < -0.3 is 11.1 Å². The minimum Gasteiger partial charge on any atom is -0.354 e. The molecule has 1 aromatic heterocycles. The minimum absolute atomic E-state index is 0.0399. The smallest absolute Gasteiger partial charge is 0.244 e. The van der Waals surface area contributed by atoms with Gasteiger partial charge in [0, 0.05) is 6.54 Å². The molecular weight excluding hydrogens is 206 g/mol. The minimum atomic E-state index is -0.343. The Morgan fingerprint density at radius 3 is 3.00 bits per heavy atom. The monoisotopic (exact) mass is 225 g/mol. The van der Waals surface area contributed by atoms with Gasteiger partial charge in [0.15, 0.2) is 5.82 Å². The van der Waals surface area contributed by atoms with E-state index in [4.69, 9.17) is 5.73 Å². The quantitative estimate of drug-likeness (QED) is 0.678. The summed E-state index contributed by atoms with van der Waals surface area (Å²) >= 11 is 0. The molecule has 6 heteroatoms. The Morgan fingerprint density at radius 2 is 2.44 bits per heavy atom. The van der Waals surface area contributed by atoms with Crippen molar-refractivity contribution in [1.82, 2.24) is 20.1 Å². The number of nitrogens with zero attached hydrogens (tertiary/aromatic N) is 3. The van der Waals surface area contributed by atoms with Crippen molar-refractivity contribution in [3.8, 4) is 0 Å². The topological polar surface area (TPSA) is 85.8 Å². The Kier molecular flexibility index (Phi) is 4.91. The van der Waals surface area contributed by atoms with Gasteiger partial charge in [-0.1, -0.05) is 13.3 Å². The molecule has 90 valence electrons. The Labute approximate surface area is 95.2 Å². The summed E-state index contributed by atoms with van der Waals surface area (Å²) in [6, 6.07) is -0.343. The van der Waals surface area contributed by atoms with Gasteiger partial charge in [-0.25, -0.2) is 9.67 Å². The van der Waals surface area contributed by atoms with Crippen LogP contribution in [0.5, 0.6) is 0 Å². The number of aromatic nitrogens is 3. The molecule has 0 spiro atoms. The molecule has 0 aliphatic carbocycles. The van der Waals surface area contributed by atoms with Crippen LogP contribution in [-0.4, -0.2) is 27.2 Å². The van der Waals surface area contributed by atoms with Crippen molar-refractivity contribution in [1.29, 1.82) is 0 Å². The van der Waals surface area contributed by atoms with E-state index >= 15 is 0 Å². The zero-order chi connectivity index (χ0) is 12.0. The van der Waals surface area contributed by atoms with Gasteiger partial charge >= 0.3 is 0 Å². The summed E-state index contributed by atoms with van der Waals surface area (Å²) in [7, 11) is 0. The molecule has 1 rings (SSSR count). The first-order valence-electron chi connectivity index (χ1n) is 5.56. The largest absolute Gasteiger partial charge is 0.354 e. The van der Waals surface area contributed by atoms with E-state index in [1.807, 2.05) is 0 Å². The van der Waals surface area contributed by atoms with Crippen molar-refractivity contribution >= 4 is 5.91 Å². The van der Waals surface area contributed by atoms with E-state index in [-0.39, 0.29) is 18.5 Å². The molecule has 1 aromatic rings. The molecule has 1 amide bonds. The average Bonchev–Trinajstić information content (AvgIpc) is 2.76. The Hall–Kier alpha value is -1.43. The number of nitrogens with two attached hydrogens (primary N) is 1.